The number of hydrazone groups is 1. The summed E-state index contributed by atoms with van der Waals surface area (Å²) in [5.41, 5.74) is 3.47. The van der Waals surface area contributed by atoms with Gasteiger partial charge in [-0.25, -0.2) is 5.01 Å². The second-order valence-corrected chi connectivity index (χ2v) is 5.68. The van der Waals surface area contributed by atoms with Crippen molar-refractivity contribution in [1.82, 2.24) is 9.99 Å². The van der Waals surface area contributed by atoms with Crippen molar-refractivity contribution in [2.45, 2.75) is 26.3 Å². The van der Waals surface area contributed by atoms with Gasteiger partial charge in [-0.15, -0.1) is 0 Å². The van der Waals surface area contributed by atoms with E-state index in [9.17, 15) is 9.59 Å². The third-order valence-corrected chi connectivity index (χ3v) is 3.84. The number of benzene rings is 1. The first kappa shape index (κ1) is 15.9. The maximum Gasteiger partial charge on any atom is 0.240 e. The number of carbonyl (C=O) groups excluding carboxylic acids is 2. The molecule has 0 unspecified atom stereocenters. The van der Waals surface area contributed by atoms with Crippen molar-refractivity contribution >= 4 is 23.2 Å². The summed E-state index contributed by atoms with van der Waals surface area (Å²) < 4.78 is 0. The highest BCUT2D eigenvalue weighted by Gasteiger charge is 2.31. The van der Waals surface area contributed by atoms with E-state index in [0.29, 0.717) is 6.42 Å². The van der Waals surface area contributed by atoms with Gasteiger partial charge in [-0.05, 0) is 29.3 Å². The molecule has 0 fully saturated rings. The highest BCUT2D eigenvalue weighted by Crippen LogP contribution is 2.32. The van der Waals surface area contributed by atoms with Crippen LogP contribution in [0.2, 0.25) is 0 Å². The molecule has 0 saturated heterocycles. The first-order chi connectivity index (χ1) is 11.5. The highest BCUT2D eigenvalue weighted by molar-refractivity contribution is 6.03. The van der Waals surface area contributed by atoms with E-state index in [1.165, 1.54) is 18.9 Å². The lowest BCUT2D eigenvalue weighted by molar-refractivity contribution is -0.130. The number of nitrogens with zero attached hydrogens (tertiary/aromatic N) is 3. The van der Waals surface area contributed by atoms with Crippen LogP contribution in [-0.2, 0) is 9.59 Å². The smallest absolute Gasteiger partial charge is 0.240 e. The molecule has 3 rings (SSSR count). The normalized spacial score (nSPS) is 16.7. The Bertz CT molecular complexity index is 784. The van der Waals surface area contributed by atoms with Gasteiger partial charge in [0.2, 0.25) is 11.8 Å². The van der Waals surface area contributed by atoms with Crippen LogP contribution in [0.1, 0.15) is 37.4 Å². The molecule has 1 aliphatic heterocycles. The number of carbonyl (C=O) groups is 2. The molecular formula is C18H18N4O2. The predicted molar refractivity (Wildman–Crippen MR) is 91.4 cm³/mol. The van der Waals surface area contributed by atoms with Crippen molar-refractivity contribution in [3.05, 3.63) is 59.9 Å². The van der Waals surface area contributed by atoms with Crippen LogP contribution < -0.4 is 5.32 Å². The zero-order chi connectivity index (χ0) is 17.1. The summed E-state index contributed by atoms with van der Waals surface area (Å²) in [6, 6.07) is 11.1. The fourth-order valence-corrected chi connectivity index (χ4v) is 2.76. The molecule has 1 aromatic heterocycles. The third kappa shape index (κ3) is 3.32. The fraction of sp³-hybridized carbons (Fsp3) is 0.222. The van der Waals surface area contributed by atoms with E-state index in [0.717, 1.165) is 22.5 Å². The van der Waals surface area contributed by atoms with E-state index >= 15 is 0 Å². The van der Waals surface area contributed by atoms with Crippen LogP contribution in [0.25, 0.3) is 0 Å². The van der Waals surface area contributed by atoms with Gasteiger partial charge in [0.1, 0.15) is 0 Å². The average molecular weight is 322 g/mol. The first-order valence-corrected chi connectivity index (χ1v) is 7.70. The Balaban J connectivity index is 1.85. The Kier molecular flexibility index (Phi) is 4.37. The van der Waals surface area contributed by atoms with Crippen LogP contribution in [0.5, 0.6) is 0 Å². The molecule has 1 N–H and O–H groups in total. The second-order valence-electron chi connectivity index (χ2n) is 5.68. The van der Waals surface area contributed by atoms with E-state index in [1.807, 2.05) is 36.4 Å². The number of rotatable bonds is 3. The van der Waals surface area contributed by atoms with Gasteiger partial charge in [-0.3, -0.25) is 14.6 Å². The van der Waals surface area contributed by atoms with Gasteiger partial charge in [0.15, 0.2) is 0 Å². The molecule has 0 radical (unpaired) electrons. The van der Waals surface area contributed by atoms with Crippen molar-refractivity contribution in [2.24, 2.45) is 5.10 Å². The molecule has 24 heavy (non-hydrogen) atoms. The number of aromatic nitrogens is 1. The van der Waals surface area contributed by atoms with Crippen molar-refractivity contribution in [1.29, 1.82) is 0 Å². The zero-order valence-corrected chi connectivity index (χ0v) is 13.6. The third-order valence-electron chi connectivity index (χ3n) is 3.84. The van der Waals surface area contributed by atoms with Crippen LogP contribution in [0.3, 0.4) is 0 Å². The van der Waals surface area contributed by atoms with Gasteiger partial charge in [-0.2, -0.15) is 5.10 Å². The molecule has 1 aliphatic rings. The lowest BCUT2D eigenvalue weighted by Crippen LogP contribution is -2.24. The van der Waals surface area contributed by atoms with Crippen molar-refractivity contribution < 1.29 is 9.59 Å². The summed E-state index contributed by atoms with van der Waals surface area (Å²) in [5.74, 6) is -0.214. The minimum atomic E-state index is -0.138. The van der Waals surface area contributed by atoms with Gasteiger partial charge in [0, 0.05) is 38.3 Å². The highest BCUT2D eigenvalue weighted by atomic mass is 16.2. The molecule has 0 bridgehead atoms. The fourth-order valence-electron chi connectivity index (χ4n) is 2.76. The molecule has 0 saturated carbocycles. The maximum atomic E-state index is 11.9. The second kappa shape index (κ2) is 6.62. The van der Waals surface area contributed by atoms with Gasteiger partial charge in [0.25, 0.3) is 0 Å². The van der Waals surface area contributed by atoms with Crippen molar-refractivity contribution in [2.75, 3.05) is 5.32 Å². The molecular weight excluding hydrogens is 304 g/mol. The molecule has 6 heteroatoms. The lowest BCUT2D eigenvalue weighted by atomic mass is 9.99. The average Bonchev–Trinajstić information content (AvgIpc) is 3.01. The van der Waals surface area contributed by atoms with Gasteiger partial charge < -0.3 is 5.32 Å². The first-order valence-electron chi connectivity index (χ1n) is 7.70. The quantitative estimate of drug-likeness (QED) is 0.944. The molecule has 2 aromatic rings. The van der Waals surface area contributed by atoms with Crippen LogP contribution in [0.4, 0.5) is 5.69 Å². The SMILES string of the molecule is CC(=O)Nc1ccc(C2=NN(C(C)=O)[C@H](c3cccnc3)C2)cc1. The number of hydrogen-bond donors (Lipinski definition) is 1. The summed E-state index contributed by atoms with van der Waals surface area (Å²) in [5, 5.41) is 8.73. The van der Waals surface area contributed by atoms with E-state index in [4.69, 9.17) is 0 Å². The Labute approximate surface area is 140 Å². The largest absolute Gasteiger partial charge is 0.326 e. The molecule has 122 valence electrons. The number of amides is 2. The summed E-state index contributed by atoms with van der Waals surface area (Å²) in [6.45, 7) is 2.98. The summed E-state index contributed by atoms with van der Waals surface area (Å²) >= 11 is 0. The molecule has 0 aliphatic carbocycles. The summed E-state index contributed by atoms with van der Waals surface area (Å²) in [4.78, 5) is 27.2. The molecule has 1 aromatic carbocycles. The van der Waals surface area contributed by atoms with Crippen LogP contribution in [0, 0.1) is 0 Å². The maximum absolute atomic E-state index is 11.9. The topological polar surface area (TPSA) is 74.7 Å². The van der Waals surface area contributed by atoms with Gasteiger partial charge in [-0.1, -0.05) is 18.2 Å². The van der Waals surface area contributed by atoms with Crippen LogP contribution in [-0.4, -0.2) is 27.5 Å². The number of pyridine rings is 1. The number of anilines is 1. The summed E-state index contributed by atoms with van der Waals surface area (Å²) in [7, 11) is 0. The van der Waals surface area contributed by atoms with E-state index in [1.54, 1.807) is 12.4 Å². The number of hydrogen-bond acceptors (Lipinski definition) is 4. The predicted octanol–water partition coefficient (Wildman–Crippen LogP) is 2.74. The molecule has 1 atom stereocenters. The Morgan fingerprint density at radius 3 is 2.50 bits per heavy atom. The van der Waals surface area contributed by atoms with Crippen molar-refractivity contribution in [3.63, 3.8) is 0 Å². The van der Waals surface area contributed by atoms with Crippen molar-refractivity contribution in [3.8, 4) is 0 Å². The monoisotopic (exact) mass is 322 g/mol. The lowest BCUT2D eigenvalue weighted by Gasteiger charge is -2.19. The van der Waals surface area contributed by atoms with Gasteiger partial charge in [0.05, 0.1) is 11.8 Å². The summed E-state index contributed by atoms with van der Waals surface area (Å²) in [6.07, 6.45) is 4.10. The minimum absolute atomic E-state index is 0.103. The van der Waals surface area contributed by atoms with E-state index in [2.05, 4.69) is 15.4 Å². The molecule has 2 amide bonds. The zero-order valence-electron chi connectivity index (χ0n) is 13.6. The van der Waals surface area contributed by atoms with Crippen LogP contribution >= 0.6 is 0 Å². The Hall–Kier alpha value is -3.02. The van der Waals surface area contributed by atoms with Gasteiger partial charge >= 0.3 is 0 Å². The Morgan fingerprint density at radius 1 is 1.17 bits per heavy atom. The van der Waals surface area contributed by atoms with E-state index < -0.39 is 0 Å². The molecule has 2 heterocycles. The van der Waals surface area contributed by atoms with E-state index in [-0.39, 0.29) is 17.9 Å². The molecule has 0 spiro atoms. The Morgan fingerprint density at radius 2 is 1.92 bits per heavy atom. The standard InChI is InChI=1S/C18H18N4O2/c1-12(23)20-16-7-5-14(6-8-16)17-10-18(22(21-17)13(2)24)15-4-3-9-19-11-15/h3-9,11,18H,10H2,1-2H3,(H,20,23)/t18-/m0/s1. The minimum Gasteiger partial charge on any atom is -0.326 e. The van der Waals surface area contributed by atoms with Crippen LogP contribution in [0.15, 0.2) is 53.9 Å². The number of nitrogens with one attached hydrogen (secondary N) is 1. The molecule has 6 nitrogen and oxygen atoms in total.